The van der Waals surface area contributed by atoms with Gasteiger partial charge in [0.1, 0.15) is 6.04 Å². The zero-order chi connectivity index (χ0) is 13.1. The summed E-state index contributed by atoms with van der Waals surface area (Å²) in [6.07, 6.45) is 3.63. The van der Waals surface area contributed by atoms with Crippen molar-refractivity contribution in [3.63, 3.8) is 0 Å². The molecule has 5 nitrogen and oxygen atoms in total. The maximum Gasteiger partial charge on any atom is 0.242 e. The molecule has 0 aliphatic carbocycles. The lowest BCUT2D eigenvalue weighted by Crippen LogP contribution is -2.42. The molecule has 1 amide bonds. The summed E-state index contributed by atoms with van der Waals surface area (Å²) in [4.78, 5) is 16.2. The van der Waals surface area contributed by atoms with E-state index < -0.39 is 0 Å². The van der Waals surface area contributed by atoms with E-state index in [9.17, 15) is 4.79 Å². The smallest absolute Gasteiger partial charge is 0.242 e. The van der Waals surface area contributed by atoms with Crippen LogP contribution in [-0.4, -0.2) is 35.1 Å². The van der Waals surface area contributed by atoms with Crippen molar-refractivity contribution in [2.24, 2.45) is 5.92 Å². The first-order chi connectivity index (χ1) is 8.59. The van der Waals surface area contributed by atoms with Crippen LogP contribution >= 0.6 is 0 Å². The van der Waals surface area contributed by atoms with Gasteiger partial charge >= 0.3 is 0 Å². The molecule has 2 rings (SSSR count). The van der Waals surface area contributed by atoms with E-state index >= 15 is 0 Å². The van der Waals surface area contributed by atoms with E-state index in [1.807, 2.05) is 17.7 Å². The maximum absolute atomic E-state index is 12.1. The van der Waals surface area contributed by atoms with Crippen LogP contribution in [0.2, 0.25) is 0 Å². The third-order valence-corrected chi connectivity index (χ3v) is 3.38. The van der Waals surface area contributed by atoms with E-state index in [0.717, 1.165) is 25.3 Å². The number of carbonyl (C=O) groups is 1. The molecular weight excluding hydrogens is 228 g/mol. The average molecular weight is 250 g/mol. The van der Waals surface area contributed by atoms with E-state index in [-0.39, 0.29) is 11.9 Å². The van der Waals surface area contributed by atoms with Gasteiger partial charge in [-0.3, -0.25) is 4.79 Å². The summed E-state index contributed by atoms with van der Waals surface area (Å²) in [6.45, 7) is 8.78. The molecule has 2 heterocycles. The molecule has 1 aliphatic heterocycles. The summed E-state index contributed by atoms with van der Waals surface area (Å²) in [5.74, 6) is 1.03. The van der Waals surface area contributed by atoms with E-state index in [1.165, 1.54) is 0 Å². The van der Waals surface area contributed by atoms with Crippen LogP contribution in [0.4, 0.5) is 0 Å². The Hall–Kier alpha value is -1.36. The van der Waals surface area contributed by atoms with Crippen molar-refractivity contribution in [2.75, 3.05) is 19.6 Å². The van der Waals surface area contributed by atoms with Crippen molar-refractivity contribution in [3.05, 3.63) is 18.2 Å². The van der Waals surface area contributed by atoms with Crippen molar-refractivity contribution in [1.29, 1.82) is 0 Å². The van der Waals surface area contributed by atoms with E-state index in [4.69, 9.17) is 0 Å². The molecule has 18 heavy (non-hydrogen) atoms. The highest BCUT2D eigenvalue weighted by molar-refractivity contribution is 5.80. The van der Waals surface area contributed by atoms with Crippen LogP contribution in [0.15, 0.2) is 12.5 Å². The molecule has 0 radical (unpaired) electrons. The molecule has 1 unspecified atom stereocenters. The van der Waals surface area contributed by atoms with Gasteiger partial charge in [0.05, 0.1) is 6.33 Å². The molecule has 1 aromatic rings. The zero-order valence-electron chi connectivity index (χ0n) is 11.3. The fourth-order valence-corrected chi connectivity index (χ4v) is 2.03. The fourth-order valence-electron chi connectivity index (χ4n) is 2.03. The summed E-state index contributed by atoms with van der Waals surface area (Å²) in [6, 6.07) is -0.193. The van der Waals surface area contributed by atoms with Crippen LogP contribution in [0, 0.1) is 5.92 Å². The van der Waals surface area contributed by atoms with E-state index in [0.29, 0.717) is 11.8 Å². The number of carbonyl (C=O) groups excluding carboxylic acids is 1. The Labute approximate surface area is 108 Å². The minimum Gasteiger partial charge on any atom is -0.354 e. The number of aromatic nitrogens is 2. The van der Waals surface area contributed by atoms with Crippen LogP contribution < -0.4 is 10.6 Å². The second-order valence-corrected chi connectivity index (χ2v) is 5.40. The van der Waals surface area contributed by atoms with E-state index in [1.54, 1.807) is 6.33 Å². The molecule has 1 aliphatic rings. The predicted octanol–water partition coefficient (Wildman–Crippen LogP) is 0.903. The zero-order valence-corrected chi connectivity index (χ0v) is 11.3. The van der Waals surface area contributed by atoms with Crippen LogP contribution in [0.3, 0.4) is 0 Å². The molecule has 1 saturated heterocycles. The molecule has 0 aromatic carbocycles. The molecule has 1 aromatic heterocycles. The topological polar surface area (TPSA) is 59.0 Å². The standard InChI is InChI=1S/C13H22N4O/c1-9(2)4-16-13(18)10(3)17-8-15-7-12(17)11-5-14-6-11/h7-11,14H,4-6H2,1-3H3,(H,16,18). The van der Waals surface area contributed by atoms with Crippen LogP contribution in [0.5, 0.6) is 0 Å². The van der Waals surface area contributed by atoms with Crippen molar-refractivity contribution in [1.82, 2.24) is 20.2 Å². The van der Waals surface area contributed by atoms with Gasteiger partial charge in [0.15, 0.2) is 0 Å². The Morgan fingerprint density at radius 2 is 2.28 bits per heavy atom. The summed E-state index contributed by atoms with van der Waals surface area (Å²) in [5, 5.41) is 6.21. The number of nitrogens with one attached hydrogen (secondary N) is 2. The SMILES string of the molecule is CC(C)CNC(=O)C(C)n1cncc1C1CNC1. The van der Waals surface area contributed by atoms with Crippen LogP contribution in [0.1, 0.15) is 38.4 Å². The Morgan fingerprint density at radius 1 is 1.56 bits per heavy atom. The molecule has 0 saturated carbocycles. The van der Waals surface area contributed by atoms with Gasteiger partial charge in [-0.1, -0.05) is 13.8 Å². The summed E-state index contributed by atoms with van der Waals surface area (Å²) < 4.78 is 1.99. The first-order valence-corrected chi connectivity index (χ1v) is 6.59. The lowest BCUT2D eigenvalue weighted by Gasteiger charge is -2.29. The lowest BCUT2D eigenvalue weighted by atomic mass is 9.99. The summed E-state index contributed by atoms with van der Waals surface area (Å²) in [5.41, 5.74) is 1.15. The Kier molecular flexibility index (Phi) is 4.01. The number of nitrogens with zero attached hydrogens (tertiary/aromatic N) is 2. The predicted molar refractivity (Wildman–Crippen MR) is 70.4 cm³/mol. The first-order valence-electron chi connectivity index (χ1n) is 6.59. The van der Waals surface area contributed by atoms with Gasteiger partial charge in [-0.2, -0.15) is 0 Å². The third kappa shape index (κ3) is 2.72. The van der Waals surface area contributed by atoms with Crippen molar-refractivity contribution < 1.29 is 4.79 Å². The fraction of sp³-hybridized carbons (Fsp3) is 0.692. The molecule has 100 valence electrons. The second kappa shape index (κ2) is 5.52. The highest BCUT2D eigenvalue weighted by atomic mass is 16.2. The molecular formula is C13H22N4O. The van der Waals surface area contributed by atoms with Crippen molar-refractivity contribution in [2.45, 2.75) is 32.7 Å². The number of amides is 1. The van der Waals surface area contributed by atoms with Crippen LogP contribution in [0.25, 0.3) is 0 Å². The maximum atomic E-state index is 12.1. The summed E-state index contributed by atoms with van der Waals surface area (Å²) in [7, 11) is 0. The van der Waals surface area contributed by atoms with Crippen molar-refractivity contribution in [3.8, 4) is 0 Å². The Morgan fingerprint density at radius 3 is 2.83 bits per heavy atom. The van der Waals surface area contributed by atoms with E-state index in [2.05, 4.69) is 29.5 Å². The Bertz CT molecular complexity index is 409. The molecule has 1 atom stereocenters. The minimum atomic E-state index is -0.193. The summed E-state index contributed by atoms with van der Waals surface area (Å²) >= 11 is 0. The quantitative estimate of drug-likeness (QED) is 0.816. The van der Waals surface area contributed by atoms with Gasteiger partial charge in [-0.05, 0) is 12.8 Å². The van der Waals surface area contributed by atoms with Gasteiger partial charge in [0.25, 0.3) is 0 Å². The number of imidazole rings is 1. The number of hydrogen-bond donors (Lipinski definition) is 2. The highest BCUT2D eigenvalue weighted by Crippen LogP contribution is 2.22. The van der Waals surface area contributed by atoms with Gasteiger partial charge in [0, 0.05) is 37.4 Å². The second-order valence-electron chi connectivity index (χ2n) is 5.40. The van der Waals surface area contributed by atoms with Gasteiger partial charge in [-0.15, -0.1) is 0 Å². The van der Waals surface area contributed by atoms with Crippen molar-refractivity contribution >= 4 is 5.91 Å². The number of rotatable bonds is 5. The average Bonchev–Trinajstić information content (AvgIpc) is 2.71. The highest BCUT2D eigenvalue weighted by Gasteiger charge is 2.25. The third-order valence-electron chi connectivity index (χ3n) is 3.38. The molecule has 1 fully saturated rings. The normalized spacial score (nSPS) is 17.6. The molecule has 0 spiro atoms. The van der Waals surface area contributed by atoms with Crippen LogP contribution in [-0.2, 0) is 4.79 Å². The first kappa shape index (κ1) is 13.1. The minimum absolute atomic E-state index is 0.0650. The molecule has 5 heteroatoms. The lowest BCUT2D eigenvalue weighted by molar-refractivity contribution is -0.124. The van der Waals surface area contributed by atoms with Gasteiger partial charge in [0.2, 0.25) is 5.91 Å². The molecule has 2 N–H and O–H groups in total. The van der Waals surface area contributed by atoms with Gasteiger partial charge < -0.3 is 15.2 Å². The number of hydrogen-bond acceptors (Lipinski definition) is 3. The van der Waals surface area contributed by atoms with Gasteiger partial charge in [-0.25, -0.2) is 4.98 Å². The Balaban J connectivity index is 2.01. The largest absolute Gasteiger partial charge is 0.354 e. The molecule has 0 bridgehead atoms. The monoisotopic (exact) mass is 250 g/mol.